The number of ether oxygens (including phenoxy) is 2. The molecule has 0 spiro atoms. The monoisotopic (exact) mass is 530 g/mol. The van der Waals surface area contributed by atoms with Crippen LogP contribution < -0.4 is 5.32 Å². The van der Waals surface area contributed by atoms with E-state index in [1.54, 1.807) is 23.4 Å². The standard InChI is InChI=1S/C23H26ClF3N4O3S/c1-3-34-22(32)18-16(11-31-8-6-17(33-2)23(26,27)12-31)29-20(21-28-7-9-35-21)30-19(18)14-5-4-13(25)10-15(14)24/h4-5,7,9-10,16-19H,3,6,8,11-12H2,1-2H3,(H,29,30)/t16?,17?,18?,19-/m0/s1. The predicted octanol–water partition coefficient (Wildman–Crippen LogP) is 3.93. The highest BCUT2D eigenvalue weighted by Gasteiger charge is 2.48. The predicted molar refractivity (Wildman–Crippen MR) is 127 cm³/mol. The molecular weight excluding hydrogens is 505 g/mol. The SMILES string of the molecule is CCOC(=O)C1C(CN2CCC(OC)C(F)(F)C2)NC(c2nccs2)=N[C@H]1c1ccc(F)cc1Cl. The number of methoxy groups -OCH3 is 1. The summed E-state index contributed by atoms with van der Waals surface area (Å²) in [6.45, 7) is 1.79. The Morgan fingerprint density at radius 1 is 1.40 bits per heavy atom. The van der Waals surface area contributed by atoms with E-state index in [0.29, 0.717) is 23.0 Å². The lowest BCUT2D eigenvalue weighted by Gasteiger charge is -2.42. The van der Waals surface area contributed by atoms with Crippen LogP contribution in [0, 0.1) is 11.7 Å². The van der Waals surface area contributed by atoms with Crippen LogP contribution in [-0.4, -0.2) is 73.1 Å². The number of alkyl halides is 2. The number of carbonyl (C=O) groups excluding carboxylic acids is 1. The van der Waals surface area contributed by atoms with Gasteiger partial charge in [0, 0.05) is 36.8 Å². The number of likely N-dealkylation sites (tertiary alicyclic amines) is 1. The number of rotatable bonds is 7. The van der Waals surface area contributed by atoms with Crippen molar-refractivity contribution >= 4 is 34.7 Å². The first kappa shape index (κ1) is 25.9. The van der Waals surface area contributed by atoms with Gasteiger partial charge in [-0.3, -0.25) is 14.7 Å². The van der Waals surface area contributed by atoms with Gasteiger partial charge in [0.2, 0.25) is 0 Å². The van der Waals surface area contributed by atoms with E-state index in [0.717, 1.165) is 6.07 Å². The van der Waals surface area contributed by atoms with Crippen LogP contribution in [0.25, 0.3) is 0 Å². The number of amidine groups is 1. The Kier molecular flexibility index (Phi) is 7.99. The van der Waals surface area contributed by atoms with E-state index in [1.807, 2.05) is 0 Å². The summed E-state index contributed by atoms with van der Waals surface area (Å²) >= 11 is 7.71. The number of esters is 1. The molecule has 190 valence electrons. The number of piperidine rings is 1. The molecule has 2 aliphatic heterocycles. The van der Waals surface area contributed by atoms with Crippen molar-refractivity contribution in [2.45, 2.75) is 37.5 Å². The molecule has 2 aliphatic rings. The van der Waals surface area contributed by atoms with Crippen molar-refractivity contribution in [1.82, 2.24) is 15.2 Å². The Morgan fingerprint density at radius 3 is 2.83 bits per heavy atom. The van der Waals surface area contributed by atoms with Gasteiger partial charge in [0.25, 0.3) is 5.92 Å². The highest BCUT2D eigenvalue weighted by atomic mass is 35.5. The largest absolute Gasteiger partial charge is 0.466 e. The number of nitrogens with one attached hydrogen (secondary N) is 1. The van der Waals surface area contributed by atoms with Crippen molar-refractivity contribution < 1.29 is 27.4 Å². The number of benzene rings is 1. The number of nitrogens with zero attached hydrogens (tertiary/aromatic N) is 3. The number of hydrogen-bond acceptors (Lipinski definition) is 8. The summed E-state index contributed by atoms with van der Waals surface area (Å²) in [5.74, 6) is -4.59. The molecule has 1 aromatic carbocycles. The van der Waals surface area contributed by atoms with Crippen LogP contribution in [-0.2, 0) is 14.3 Å². The zero-order chi connectivity index (χ0) is 25.2. The van der Waals surface area contributed by atoms with Crippen LogP contribution in [0.1, 0.15) is 30.0 Å². The molecule has 3 heterocycles. The molecule has 7 nitrogen and oxygen atoms in total. The average molecular weight is 531 g/mol. The normalized spacial score (nSPS) is 26.6. The highest BCUT2D eigenvalue weighted by molar-refractivity contribution is 7.11. The molecule has 0 aliphatic carbocycles. The van der Waals surface area contributed by atoms with Crippen molar-refractivity contribution in [3.8, 4) is 0 Å². The Balaban J connectivity index is 1.72. The van der Waals surface area contributed by atoms with Crippen LogP contribution in [0.2, 0.25) is 5.02 Å². The molecule has 0 saturated carbocycles. The maximum Gasteiger partial charge on any atom is 0.313 e. The Labute approximate surface area is 210 Å². The fourth-order valence-corrected chi connectivity index (χ4v) is 5.48. The van der Waals surface area contributed by atoms with Crippen molar-refractivity contribution in [2.24, 2.45) is 10.9 Å². The average Bonchev–Trinajstić information content (AvgIpc) is 3.33. The summed E-state index contributed by atoms with van der Waals surface area (Å²) in [5, 5.41) is 5.70. The lowest BCUT2D eigenvalue weighted by Crippen LogP contribution is -2.59. The number of halogens is 4. The number of carbonyl (C=O) groups is 1. The third-order valence-electron chi connectivity index (χ3n) is 6.19. The second-order valence-electron chi connectivity index (χ2n) is 8.46. The van der Waals surface area contributed by atoms with E-state index in [4.69, 9.17) is 26.1 Å². The minimum absolute atomic E-state index is 0.111. The van der Waals surface area contributed by atoms with Gasteiger partial charge < -0.3 is 14.8 Å². The van der Waals surface area contributed by atoms with Gasteiger partial charge in [-0.25, -0.2) is 18.2 Å². The van der Waals surface area contributed by atoms with Crippen LogP contribution in [0.3, 0.4) is 0 Å². The van der Waals surface area contributed by atoms with Gasteiger partial charge in [-0.05, 0) is 31.0 Å². The summed E-state index contributed by atoms with van der Waals surface area (Å²) in [4.78, 5) is 23.8. The van der Waals surface area contributed by atoms with E-state index < -0.39 is 48.4 Å². The molecule has 12 heteroatoms. The number of thiazole rings is 1. The van der Waals surface area contributed by atoms with Crippen molar-refractivity contribution in [3.63, 3.8) is 0 Å². The summed E-state index contributed by atoms with van der Waals surface area (Å²) < 4.78 is 53.3. The van der Waals surface area contributed by atoms with Crippen molar-refractivity contribution in [3.05, 3.63) is 51.2 Å². The van der Waals surface area contributed by atoms with Crippen LogP contribution in [0.15, 0.2) is 34.8 Å². The van der Waals surface area contributed by atoms with E-state index >= 15 is 0 Å². The molecule has 0 bridgehead atoms. The summed E-state index contributed by atoms with van der Waals surface area (Å²) in [5.41, 5.74) is 0.440. The Hall–Kier alpha value is -2.21. The van der Waals surface area contributed by atoms with Gasteiger partial charge in [-0.1, -0.05) is 17.7 Å². The molecule has 1 N–H and O–H groups in total. The van der Waals surface area contributed by atoms with E-state index in [9.17, 15) is 18.0 Å². The quantitative estimate of drug-likeness (QED) is 0.547. The first-order chi connectivity index (χ1) is 16.7. The molecule has 0 amide bonds. The lowest BCUT2D eigenvalue weighted by molar-refractivity contribution is -0.164. The zero-order valence-electron chi connectivity index (χ0n) is 19.2. The number of hydrogen-bond donors (Lipinski definition) is 1. The van der Waals surface area contributed by atoms with Gasteiger partial charge in [0.05, 0.1) is 25.2 Å². The fourth-order valence-electron chi connectivity index (χ4n) is 4.61. The number of aromatic nitrogens is 1. The van der Waals surface area contributed by atoms with Gasteiger partial charge in [0.15, 0.2) is 10.8 Å². The summed E-state index contributed by atoms with van der Waals surface area (Å²) in [6.07, 6.45) is 0.616. The second-order valence-corrected chi connectivity index (χ2v) is 9.77. The van der Waals surface area contributed by atoms with Gasteiger partial charge in [0.1, 0.15) is 17.8 Å². The maximum atomic E-state index is 14.6. The smallest absolute Gasteiger partial charge is 0.313 e. The van der Waals surface area contributed by atoms with E-state index in [-0.39, 0.29) is 24.6 Å². The highest BCUT2D eigenvalue weighted by Crippen LogP contribution is 2.38. The van der Waals surface area contributed by atoms with Crippen molar-refractivity contribution in [1.29, 1.82) is 0 Å². The number of aliphatic imine (C=N–C) groups is 1. The summed E-state index contributed by atoms with van der Waals surface area (Å²) in [6, 6.07) is 2.41. The molecule has 4 rings (SSSR count). The van der Waals surface area contributed by atoms with Gasteiger partial charge in [-0.15, -0.1) is 11.3 Å². The van der Waals surface area contributed by atoms with Crippen LogP contribution in [0.4, 0.5) is 13.2 Å². The molecule has 35 heavy (non-hydrogen) atoms. The van der Waals surface area contributed by atoms with E-state index in [1.165, 1.54) is 30.6 Å². The Morgan fingerprint density at radius 2 is 2.20 bits per heavy atom. The first-order valence-electron chi connectivity index (χ1n) is 11.2. The third-order valence-corrected chi connectivity index (χ3v) is 7.30. The maximum absolute atomic E-state index is 14.6. The van der Waals surface area contributed by atoms with Crippen LogP contribution in [0.5, 0.6) is 0 Å². The lowest BCUT2D eigenvalue weighted by atomic mass is 9.84. The molecule has 4 atom stereocenters. The second kappa shape index (κ2) is 10.8. The summed E-state index contributed by atoms with van der Waals surface area (Å²) in [7, 11) is 1.28. The minimum atomic E-state index is -3.03. The molecular formula is C23H26ClF3N4O3S. The fraction of sp³-hybridized carbons (Fsp3) is 0.522. The zero-order valence-corrected chi connectivity index (χ0v) is 20.8. The molecule has 3 unspecified atom stereocenters. The third kappa shape index (κ3) is 5.63. The minimum Gasteiger partial charge on any atom is -0.466 e. The molecule has 1 fully saturated rings. The van der Waals surface area contributed by atoms with Gasteiger partial charge >= 0.3 is 5.97 Å². The Bertz CT molecular complexity index is 1070. The molecule has 1 aromatic heterocycles. The van der Waals surface area contributed by atoms with Gasteiger partial charge in [-0.2, -0.15) is 0 Å². The van der Waals surface area contributed by atoms with Crippen LogP contribution >= 0.6 is 22.9 Å². The topological polar surface area (TPSA) is 76.0 Å². The molecule has 1 saturated heterocycles. The molecule has 0 radical (unpaired) electrons. The molecule has 2 aromatic rings. The first-order valence-corrected chi connectivity index (χ1v) is 12.5. The van der Waals surface area contributed by atoms with E-state index in [2.05, 4.69) is 10.3 Å². The van der Waals surface area contributed by atoms with Crippen molar-refractivity contribution in [2.75, 3.05) is 33.4 Å².